The molecule has 0 aliphatic rings. The van der Waals surface area contributed by atoms with Crippen molar-refractivity contribution in [3.63, 3.8) is 0 Å². The molecule has 0 atom stereocenters. The zero-order valence-electron chi connectivity index (χ0n) is 31.7. The minimum Gasteiger partial charge on any atom is -0.228 e. The molecule has 11 aromatic rings. The van der Waals surface area contributed by atoms with E-state index in [1.807, 2.05) is 0 Å². The third kappa shape index (κ3) is 5.91. The Labute approximate surface area is 337 Å². The van der Waals surface area contributed by atoms with Crippen molar-refractivity contribution in [3.05, 3.63) is 218 Å². The topological polar surface area (TPSA) is 25.8 Å². The second-order valence-electron chi connectivity index (χ2n) is 14.9. The molecule has 0 radical (unpaired) electrons. The number of aromatic nitrogens is 2. The molecule has 1 heterocycles. The molecule has 0 fully saturated rings. The Morgan fingerprint density at radius 2 is 0.638 bits per heavy atom. The van der Waals surface area contributed by atoms with Gasteiger partial charge in [-0.3, -0.25) is 0 Å². The van der Waals surface area contributed by atoms with Crippen LogP contribution in [-0.4, -0.2) is 9.97 Å². The lowest BCUT2D eigenvalue weighted by molar-refractivity contribution is 1.19. The van der Waals surface area contributed by atoms with E-state index in [-0.39, 0.29) is 0 Å². The quantitative estimate of drug-likeness (QED) is 0.170. The molecule has 0 amide bonds. The first-order chi connectivity index (χ1) is 28.7. The van der Waals surface area contributed by atoms with Crippen molar-refractivity contribution in [1.29, 1.82) is 0 Å². The molecule has 10 aromatic carbocycles. The molecule has 0 saturated carbocycles. The highest BCUT2D eigenvalue weighted by molar-refractivity contribution is 6.07. The summed E-state index contributed by atoms with van der Waals surface area (Å²) in [5.74, 6) is 0.694. The molecule has 0 aliphatic heterocycles. The molecule has 0 N–H and O–H groups in total. The van der Waals surface area contributed by atoms with E-state index in [1.54, 1.807) is 0 Å². The zero-order chi connectivity index (χ0) is 38.4. The van der Waals surface area contributed by atoms with Gasteiger partial charge in [0.1, 0.15) is 0 Å². The standard InChI is InChI=1S/C56H36N2/c1-3-14-37(15-4-1)45-24-12-26-51-49(45)25-13-27-52(51)54-36-55(53-33-32-47(38-16-5-2-6-17-38)48-21-9-10-22-50(48)53)58-56(57-54)43-31-29-40-34-42(30-28-41(40)35-43)46-23-11-19-39-18-7-8-20-44(39)46/h1-36H. The van der Waals surface area contributed by atoms with Crippen molar-refractivity contribution in [2.75, 3.05) is 0 Å². The summed E-state index contributed by atoms with van der Waals surface area (Å²) < 4.78 is 0. The Morgan fingerprint density at radius 3 is 1.29 bits per heavy atom. The van der Waals surface area contributed by atoms with Crippen LogP contribution in [0.5, 0.6) is 0 Å². The summed E-state index contributed by atoms with van der Waals surface area (Å²) in [5, 5.41) is 9.52. The first-order valence-electron chi connectivity index (χ1n) is 19.8. The molecule has 2 nitrogen and oxygen atoms in total. The van der Waals surface area contributed by atoms with Crippen LogP contribution in [0.1, 0.15) is 0 Å². The minimum atomic E-state index is 0.694. The van der Waals surface area contributed by atoms with Crippen LogP contribution < -0.4 is 0 Å². The van der Waals surface area contributed by atoms with Crippen LogP contribution in [0, 0.1) is 0 Å². The summed E-state index contributed by atoms with van der Waals surface area (Å²) in [6.07, 6.45) is 0. The molecular formula is C56H36N2. The number of fused-ring (bicyclic) bond motifs is 4. The van der Waals surface area contributed by atoms with E-state index < -0.39 is 0 Å². The van der Waals surface area contributed by atoms with Crippen LogP contribution in [0.2, 0.25) is 0 Å². The molecule has 270 valence electrons. The Balaban J connectivity index is 1.10. The van der Waals surface area contributed by atoms with Crippen LogP contribution in [-0.2, 0) is 0 Å². The summed E-state index contributed by atoms with van der Waals surface area (Å²) in [6.45, 7) is 0. The van der Waals surface area contributed by atoms with Gasteiger partial charge in [0, 0.05) is 16.7 Å². The van der Waals surface area contributed by atoms with Gasteiger partial charge in [-0.2, -0.15) is 0 Å². The predicted molar refractivity (Wildman–Crippen MR) is 245 cm³/mol. The Bertz CT molecular complexity index is 3230. The normalized spacial score (nSPS) is 11.4. The van der Waals surface area contributed by atoms with Gasteiger partial charge in [-0.25, -0.2) is 9.97 Å². The van der Waals surface area contributed by atoms with Crippen LogP contribution in [0.25, 0.3) is 110 Å². The average Bonchev–Trinajstić information content (AvgIpc) is 3.30. The molecule has 0 unspecified atom stereocenters. The maximum absolute atomic E-state index is 5.39. The molecule has 2 heteroatoms. The predicted octanol–water partition coefficient (Wildman–Crippen LogP) is 15.1. The third-order valence-corrected chi connectivity index (χ3v) is 11.5. The molecule has 11 rings (SSSR count). The first kappa shape index (κ1) is 33.6. The van der Waals surface area contributed by atoms with E-state index in [4.69, 9.17) is 9.97 Å². The largest absolute Gasteiger partial charge is 0.228 e. The number of benzene rings is 10. The maximum Gasteiger partial charge on any atom is 0.160 e. The van der Waals surface area contributed by atoms with Crippen molar-refractivity contribution in [2.24, 2.45) is 0 Å². The van der Waals surface area contributed by atoms with Crippen molar-refractivity contribution in [2.45, 2.75) is 0 Å². The van der Waals surface area contributed by atoms with Gasteiger partial charge in [0.25, 0.3) is 0 Å². The van der Waals surface area contributed by atoms with Gasteiger partial charge in [0.05, 0.1) is 11.4 Å². The first-order valence-corrected chi connectivity index (χ1v) is 19.8. The van der Waals surface area contributed by atoms with Gasteiger partial charge >= 0.3 is 0 Å². The summed E-state index contributed by atoms with van der Waals surface area (Å²) in [4.78, 5) is 10.8. The van der Waals surface area contributed by atoms with E-state index in [9.17, 15) is 0 Å². The number of rotatable bonds is 6. The summed E-state index contributed by atoms with van der Waals surface area (Å²) in [5.41, 5.74) is 12.1. The van der Waals surface area contributed by atoms with Crippen molar-refractivity contribution < 1.29 is 0 Å². The molecule has 0 saturated heterocycles. The van der Waals surface area contributed by atoms with Gasteiger partial charge in [0.2, 0.25) is 0 Å². The lowest BCUT2D eigenvalue weighted by Gasteiger charge is -2.15. The smallest absolute Gasteiger partial charge is 0.160 e. The van der Waals surface area contributed by atoms with Gasteiger partial charge in [-0.15, -0.1) is 0 Å². The van der Waals surface area contributed by atoms with Gasteiger partial charge < -0.3 is 0 Å². The average molecular weight is 737 g/mol. The van der Waals surface area contributed by atoms with Crippen molar-refractivity contribution in [1.82, 2.24) is 9.97 Å². The molecule has 0 spiro atoms. The minimum absolute atomic E-state index is 0.694. The molecular weight excluding hydrogens is 701 g/mol. The van der Waals surface area contributed by atoms with Crippen LogP contribution in [0.3, 0.4) is 0 Å². The Kier molecular flexibility index (Phi) is 8.19. The lowest BCUT2D eigenvalue weighted by atomic mass is 9.92. The third-order valence-electron chi connectivity index (χ3n) is 11.5. The summed E-state index contributed by atoms with van der Waals surface area (Å²) in [6, 6.07) is 78.2. The van der Waals surface area contributed by atoms with E-state index in [0.717, 1.165) is 44.2 Å². The van der Waals surface area contributed by atoms with Crippen molar-refractivity contribution in [3.8, 4) is 67.3 Å². The zero-order valence-corrected chi connectivity index (χ0v) is 31.7. The Morgan fingerprint density at radius 1 is 0.224 bits per heavy atom. The van der Waals surface area contributed by atoms with Gasteiger partial charge in [-0.05, 0) is 94.7 Å². The number of nitrogens with zero attached hydrogens (tertiary/aromatic N) is 2. The molecule has 58 heavy (non-hydrogen) atoms. The highest BCUT2D eigenvalue weighted by Gasteiger charge is 2.17. The lowest BCUT2D eigenvalue weighted by Crippen LogP contribution is -1.97. The van der Waals surface area contributed by atoms with E-state index in [1.165, 1.54) is 60.3 Å². The fourth-order valence-corrected chi connectivity index (χ4v) is 8.68. The van der Waals surface area contributed by atoms with Crippen LogP contribution in [0.15, 0.2) is 218 Å². The second kappa shape index (κ2) is 14.1. The molecule has 0 bridgehead atoms. The van der Waals surface area contributed by atoms with Crippen molar-refractivity contribution >= 4 is 43.1 Å². The highest BCUT2D eigenvalue weighted by atomic mass is 14.9. The maximum atomic E-state index is 5.39. The molecule has 0 aliphatic carbocycles. The van der Waals surface area contributed by atoms with Gasteiger partial charge in [-0.1, -0.05) is 200 Å². The fraction of sp³-hybridized carbons (Fsp3) is 0. The number of hydrogen-bond acceptors (Lipinski definition) is 2. The van der Waals surface area contributed by atoms with Crippen LogP contribution in [0.4, 0.5) is 0 Å². The highest BCUT2D eigenvalue weighted by Crippen LogP contribution is 2.40. The van der Waals surface area contributed by atoms with E-state index in [0.29, 0.717) is 5.82 Å². The second-order valence-corrected chi connectivity index (χ2v) is 14.9. The SMILES string of the molecule is c1ccc(-c2cccc3c(-c4cc(-c5ccc(-c6ccccc6)c6ccccc56)nc(-c5ccc6cc(-c7cccc8ccccc78)ccc6c5)n4)cccc23)cc1. The van der Waals surface area contributed by atoms with E-state index >= 15 is 0 Å². The Hall–Kier alpha value is -7.68. The van der Waals surface area contributed by atoms with Crippen LogP contribution >= 0.6 is 0 Å². The monoisotopic (exact) mass is 736 g/mol. The van der Waals surface area contributed by atoms with Gasteiger partial charge in [0.15, 0.2) is 5.82 Å². The fourth-order valence-electron chi connectivity index (χ4n) is 8.68. The summed E-state index contributed by atoms with van der Waals surface area (Å²) >= 11 is 0. The summed E-state index contributed by atoms with van der Waals surface area (Å²) in [7, 11) is 0. The van der Waals surface area contributed by atoms with E-state index in [2.05, 4.69) is 218 Å². The molecule has 1 aromatic heterocycles. The number of hydrogen-bond donors (Lipinski definition) is 0.